The van der Waals surface area contributed by atoms with Gasteiger partial charge in [0, 0.05) is 5.56 Å². The Morgan fingerprint density at radius 2 is 1.69 bits per heavy atom. The van der Waals surface area contributed by atoms with Gasteiger partial charge in [0.25, 0.3) is 0 Å². The molecule has 0 saturated carbocycles. The zero-order valence-electron chi connectivity index (χ0n) is 19.1. The van der Waals surface area contributed by atoms with Gasteiger partial charge in [-0.25, -0.2) is 0 Å². The number of hydrogen-bond acceptors (Lipinski definition) is 8. The van der Waals surface area contributed by atoms with Crippen LogP contribution in [-0.4, -0.2) is 40.6 Å². The van der Waals surface area contributed by atoms with Crippen molar-refractivity contribution < 1.29 is 36.4 Å². The summed E-state index contributed by atoms with van der Waals surface area (Å²) in [5.74, 6) is -5.60. The summed E-state index contributed by atoms with van der Waals surface area (Å²) < 4.78 is 63.9. The fourth-order valence-electron chi connectivity index (χ4n) is 2.79. The number of esters is 1. The molecule has 2 rings (SSSR count). The Morgan fingerprint density at radius 3 is 2.19 bits per heavy atom. The first-order valence-corrected chi connectivity index (χ1v) is 11.8. The zero-order chi connectivity index (χ0) is 24.2. The maximum atomic E-state index is 14.8. The molecule has 178 valence electrons. The van der Waals surface area contributed by atoms with Crippen LogP contribution in [0.15, 0.2) is 28.8 Å². The molecule has 2 aromatic rings. The Hall–Kier alpha value is -2.16. The number of benzene rings is 1. The lowest BCUT2D eigenvalue weighted by Crippen LogP contribution is -2.34. The summed E-state index contributed by atoms with van der Waals surface area (Å²) >= 11 is 0. The van der Waals surface area contributed by atoms with Gasteiger partial charge in [-0.1, -0.05) is 35.0 Å². The Labute approximate surface area is 186 Å². The summed E-state index contributed by atoms with van der Waals surface area (Å²) in [6.45, 7) is 9.87. The predicted octanol–water partition coefficient (Wildman–Crippen LogP) is 5.04. The fraction of sp³-hybridized carbons (Fsp3) is 0.571. The summed E-state index contributed by atoms with van der Waals surface area (Å²) in [4.78, 5) is 16.6. The van der Waals surface area contributed by atoms with Gasteiger partial charge in [0.15, 0.2) is 5.66 Å². The number of hydrogen-bond donors (Lipinski definition) is 0. The molecule has 1 aromatic heterocycles. The molecule has 0 spiro atoms. The zero-order valence-corrected chi connectivity index (χ0v) is 19.9. The lowest BCUT2D eigenvalue weighted by Gasteiger charge is -2.27. The average molecular weight is 474 g/mol. The Bertz CT molecular complexity index is 946. The fourth-order valence-corrected chi connectivity index (χ4v) is 4.64. The maximum absolute atomic E-state index is 14.8. The van der Waals surface area contributed by atoms with Crippen molar-refractivity contribution in [1.29, 1.82) is 0 Å². The summed E-state index contributed by atoms with van der Waals surface area (Å²) in [7, 11) is -4.02. The molecular formula is C21H29F2N2O6P. The second-order valence-electron chi connectivity index (χ2n) is 8.08. The topological polar surface area (TPSA) is 101 Å². The van der Waals surface area contributed by atoms with Crippen LogP contribution in [0.4, 0.5) is 8.78 Å². The van der Waals surface area contributed by atoms with Gasteiger partial charge in [0.1, 0.15) is 5.60 Å². The van der Waals surface area contributed by atoms with Crippen molar-refractivity contribution in [3.8, 4) is 0 Å². The minimum Gasteiger partial charge on any atom is -0.459 e. The molecule has 32 heavy (non-hydrogen) atoms. The van der Waals surface area contributed by atoms with Gasteiger partial charge in [-0.15, -0.1) is 0 Å². The highest BCUT2D eigenvalue weighted by molar-refractivity contribution is 7.55. The average Bonchev–Trinajstić information content (AvgIpc) is 3.15. The molecule has 8 nitrogen and oxygen atoms in total. The lowest BCUT2D eigenvalue weighted by molar-refractivity contribution is -0.154. The molecule has 0 aliphatic carbocycles. The lowest BCUT2D eigenvalue weighted by atomic mass is 10.1. The minimum absolute atomic E-state index is 0.00282. The van der Waals surface area contributed by atoms with E-state index in [1.165, 1.54) is 12.1 Å². The second-order valence-corrected chi connectivity index (χ2v) is 10.3. The van der Waals surface area contributed by atoms with Crippen molar-refractivity contribution in [3.05, 3.63) is 47.1 Å². The first kappa shape index (κ1) is 26.1. The third kappa shape index (κ3) is 6.43. The first-order chi connectivity index (χ1) is 14.8. The highest BCUT2D eigenvalue weighted by atomic mass is 31.2. The van der Waals surface area contributed by atoms with Gasteiger partial charge in [-0.2, -0.15) is 13.8 Å². The Morgan fingerprint density at radius 1 is 1.12 bits per heavy atom. The van der Waals surface area contributed by atoms with E-state index in [1.54, 1.807) is 53.7 Å². The van der Waals surface area contributed by atoms with Gasteiger partial charge in [0.05, 0.1) is 19.6 Å². The van der Waals surface area contributed by atoms with Crippen LogP contribution in [0.1, 0.15) is 57.5 Å². The number of ether oxygens (including phenoxy) is 1. The van der Waals surface area contributed by atoms with Crippen LogP contribution >= 0.6 is 7.60 Å². The van der Waals surface area contributed by atoms with Gasteiger partial charge in [0.2, 0.25) is 11.7 Å². The normalized spacial score (nSPS) is 13.8. The van der Waals surface area contributed by atoms with E-state index in [0.29, 0.717) is 0 Å². The van der Waals surface area contributed by atoms with Gasteiger partial charge < -0.3 is 18.3 Å². The third-order valence-electron chi connectivity index (χ3n) is 4.21. The molecule has 0 radical (unpaired) electrons. The largest absolute Gasteiger partial charge is 0.459 e. The predicted molar refractivity (Wildman–Crippen MR) is 113 cm³/mol. The van der Waals surface area contributed by atoms with Crippen molar-refractivity contribution in [3.63, 3.8) is 0 Å². The van der Waals surface area contributed by atoms with Crippen LogP contribution in [0.5, 0.6) is 0 Å². The highest BCUT2D eigenvalue weighted by Crippen LogP contribution is 2.54. The first-order valence-electron chi connectivity index (χ1n) is 10.2. The highest BCUT2D eigenvalue weighted by Gasteiger charge is 2.46. The molecule has 1 heterocycles. The number of carbonyl (C=O) groups excluding carboxylic acids is 1. The summed E-state index contributed by atoms with van der Waals surface area (Å²) in [6, 6.07) is 5.63. The van der Waals surface area contributed by atoms with Gasteiger partial charge in [-0.05, 0) is 41.5 Å². The standard InChI is InChI=1S/C21H29F2N2O6P/c1-7-28-32(27,29-8-2)16(18(26)30-20(4,5)6)13-17-24-19(25-31-17)21(22,23)15-11-9-14(3)10-12-15/h9-12,16H,7-8,13H2,1-6H3. The smallest absolute Gasteiger partial charge is 0.345 e. The van der Waals surface area contributed by atoms with E-state index < -0.39 is 43.0 Å². The summed E-state index contributed by atoms with van der Waals surface area (Å²) in [5, 5.41) is 3.39. The molecular weight excluding hydrogens is 445 g/mol. The monoisotopic (exact) mass is 474 g/mol. The van der Waals surface area contributed by atoms with Crippen LogP contribution in [0.3, 0.4) is 0 Å². The van der Waals surface area contributed by atoms with E-state index >= 15 is 0 Å². The maximum Gasteiger partial charge on any atom is 0.345 e. The summed E-state index contributed by atoms with van der Waals surface area (Å²) in [6.07, 6.45) is -0.455. The molecule has 11 heteroatoms. The minimum atomic E-state index is -4.02. The molecule has 1 unspecified atom stereocenters. The van der Waals surface area contributed by atoms with Crippen molar-refractivity contribution in [2.24, 2.45) is 0 Å². The van der Waals surface area contributed by atoms with Crippen molar-refractivity contribution in [2.45, 2.75) is 65.1 Å². The Balaban J connectivity index is 2.37. The van der Waals surface area contributed by atoms with Gasteiger partial charge >= 0.3 is 19.5 Å². The van der Waals surface area contributed by atoms with E-state index in [9.17, 15) is 18.1 Å². The van der Waals surface area contributed by atoms with E-state index in [0.717, 1.165) is 5.56 Å². The van der Waals surface area contributed by atoms with Crippen LogP contribution in [0.2, 0.25) is 0 Å². The number of alkyl halides is 2. The number of aryl methyl sites for hydroxylation is 1. The van der Waals surface area contributed by atoms with Crippen molar-refractivity contribution in [1.82, 2.24) is 10.1 Å². The third-order valence-corrected chi connectivity index (χ3v) is 6.60. The van der Waals surface area contributed by atoms with Crippen LogP contribution < -0.4 is 0 Å². The number of carbonyl (C=O) groups is 1. The summed E-state index contributed by atoms with van der Waals surface area (Å²) in [5.41, 5.74) is -1.85. The van der Waals surface area contributed by atoms with E-state index in [-0.39, 0.29) is 24.7 Å². The van der Waals surface area contributed by atoms with Crippen molar-refractivity contribution >= 4 is 13.6 Å². The van der Waals surface area contributed by atoms with Crippen molar-refractivity contribution in [2.75, 3.05) is 13.2 Å². The van der Waals surface area contributed by atoms with E-state index in [1.807, 2.05) is 0 Å². The molecule has 1 aromatic carbocycles. The molecule has 0 fully saturated rings. The molecule has 0 saturated heterocycles. The number of rotatable bonds is 10. The number of halogens is 2. The van der Waals surface area contributed by atoms with E-state index in [2.05, 4.69) is 10.1 Å². The quantitative estimate of drug-likeness (QED) is 0.349. The molecule has 1 atom stereocenters. The van der Waals surface area contributed by atoms with Gasteiger partial charge in [-0.3, -0.25) is 9.36 Å². The second kappa shape index (κ2) is 10.2. The molecule has 0 aliphatic heterocycles. The van der Waals surface area contributed by atoms with Crippen LogP contribution in [0, 0.1) is 6.92 Å². The number of aromatic nitrogens is 2. The SMILES string of the molecule is CCOP(=O)(OCC)C(Cc1nc(C(F)(F)c2ccc(C)cc2)no1)C(=O)OC(C)(C)C. The molecule has 0 amide bonds. The Kier molecular flexibility index (Phi) is 8.31. The van der Waals surface area contributed by atoms with Crippen LogP contribution in [-0.2, 0) is 35.5 Å². The van der Waals surface area contributed by atoms with E-state index in [4.69, 9.17) is 18.3 Å². The molecule has 0 aliphatic rings. The molecule has 0 N–H and O–H groups in total. The molecule has 0 bridgehead atoms. The van der Waals surface area contributed by atoms with Crippen LogP contribution in [0.25, 0.3) is 0 Å². The number of nitrogens with zero attached hydrogens (tertiary/aromatic N) is 2.